The number of sulfonamides is 1. The number of anilines is 1. The van der Waals surface area contributed by atoms with E-state index >= 15 is 0 Å². The molecule has 0 saturated carbocycles. The van der Waals surface area contributed by atoms with Crippen molar-refractivity contribution in [2.45, 2.75) is 6.42 Å². The van der Waals surface area contributed by atoms with Crippen LogP contribution >= 0.6 is 11.6 Å². The molecule has 1 aromatic carbocycles. The van der Waals surface area contributed by atoms with E-state index in [1.807, 2.05) is 0 Å². The Morgan fingerprint density at radius 2 is 2.10 bits per heavy atom. The van der Waals surface area contributed by atoms with Crippen LogP contribution in [0.3, 0.4) is 0 Å². The molecule has 1 rings (SSSR count). The molecular formula is C11H13ClN2O6S. The first-order valence-corrected chi connectivity index (χ1v) is 7.92. The maximum atomic E-state index is 11.7. The summed E-state index contributed by atoms with van der Waals surface area (Å²) >= 11 is 5.42. The van der Waals surface area contributed by atoms with Gasteiger partial charge in [0, 0.05) is 18.0 Å². The molecule has 0 aliphatic rings. The van der Waals surface area contributed by atoms with Gasteiger partial charge in [-0.05, 0) is 12.5 Å². The summed E-state index contributed by atoms with van der Waals surface area (Å²) in [5.74, 6) is -0.865. The van der Waals surface area contributed by atoms with Crippen LogP contribution < -0.4 is 4.72 Å². The number of hydrogen-bond acceptors (Lipinski definition) is 6. The van der Waals surface area contributed by atoms with Crippen LogP contribution in [0.15, 0.2) is 18.2 Å². The number of carbonyl (C=O) groups excluding carboxylic acids is 1. The summed E-state index contributed by atoms with van der Waals surface area (Å²) in [5, 5.41) is 10.8. The third-order valence-electron chi connectivity index (χ3n) is 2.37. The molecule has 0 atom stereocenters. The van der Waals surface area contributed by atoms with E-state index < -0.39 is 26.6 Å². The van der Waals surface area contributed by atoms with E-state index in [4.69, 9.17) is 11.6 Å². The van der Waals surface area contributed by atoms with Gasteiger partial charge in [0.1, 0.15) is 0 Å². The standard InChI is InChI=1S/C11H13ClN2O6S/c1-20-11(15)8-5-9(7-10(6-8)14(16)17)13-21(18,19)4-2-3-12/h5-7,13H,2-4H2,1H3. The van der Waals surface area contributed by atoms with Crippen molar-refractivity contribution in [3.05, 3.63) is 33.9 Å². The third-order valence-corrected chi connectivity index (χ3v) is 4.01. The first-order valence-electron chi connectivity index (χ1n) is 5.73. The lowest BCUT2D eigenvalue weighted by atomic mass is 10.2. The number of benzene rings is 1. The van der Waals surface area contributed by atoms with E-state index in [-0.39, 0.29) is 29.3 Å². The molecule has 0 radical (unpaired) electrons. The second-order valence-electron chi connectivity index (χ2n) is 3.98. The van der Waals surface area contributed by atoms with E-state index in [0.29, 0.717) is 0 Å². The predicted molar refractivity (Wildman–Crippen MR) is 77.2 cm³/mol. The largest absolute Gasteiger partial charge is 0.465 e. The summed E-state index contributed by atoms with van der Waals surface area (Å²) in [6.45, 7) is 0. The number of ether oxygens (including phenoxy) is 1. The van der Waals surface area contributed by atoms with E-state index in [1.54, 1.807) is 0 Å². The molecule has 1 N–H and O–H groups in total. The molecule has 116 valence electrons. The number of nitro benzene ring substituents is 1. The minimum absolute atomic E-state index is 0.0841. The second-order valence-corrected chi connectivity index (χ2v) is 6.20. The van der Waals surface area contributed by atoms with Gasteiger partial charge < -0.3 is 4.74 Å². The Morgan fingerprint density at radius 1 is 1.43 bits per heavy atom. The minimum Gasteiger partial charge on any atom is -0.465 e. The van der Waals surface area contributed by atoms with Crippen molar-refractivity contribution in [2.24, 2.45) is 0 Å². The van der Waals surface area contributed by atoms with Gasteiger partial charge in [0.25, 0.3) is 5.69 Å². The number of nitrogens with zero attached hydrogens (tertiary/aromatic N) is 1. The van der Waals surface area contributed by atoms with Crippen LogP contribution in [0.5, 0.6) is 0 Å². The number of rotatable bonds is 7. The number of alkyl halides is 1. The highest BCUT2D eigenvalue weighted by molar-refractivity contribution is 7.92. The van der Waals surface area contributed by atoms with Gasteiger partial charge in [-0.25, -0.2) is 13.2 Å². The molecule has 0 amide bonds. The zero-order valence-corrected chi connectivity index (χ0v) is 12.6. The van der Waals surface area contributed by atoms with Crippen LogP contribution in [0.25, 0.3) is 0 Å². The van der Waals surface area contributed by atoms with Crippen LogP contribution in [0.4, 0.5) is 11.4 Å². The van der Waals surface area contributed by atoms with Gasteiger partial charge in [0.15, 0.2) is 0 Å². The number of non-ortho nitro benzene ring substituents is 1. The van der Waals surface area contributed by atoms with Gasteiger partial charge in [-0.15, -0.1) is 11.6 Å². The molecule has 0 spiro atoms. The summed E-state index contributed by atoms with van der Waals surface area (Å²) in [6, 6.07) is 3.18. The lowest BCUT2D eigenvalue weighted by molar-refractivity contribution is -0.384. The molecule has 21 heavy (non-hydrogen) atoms. The Bertz CT molecular complexity index is 646. The summed E-state index contributed by atoms with van der Waals surface area (Å²) in [4.78, 5) is 21.5. The first kappa shape index (κ1) is 17.2. The third kappa shape index (κ3) is 5.20. The van der Waals surface area contributed by atoms with Gasteiger partial charge in [-0.1, -0.05) is 0 Å². The Morgan fingerprint density at radius 3 is 2.62 bits per heavy atom. The highest BCUT2D eigenvalue weighted by Gasteiger charge is 2.17. The number of nitro groups is 1. The van der Waals surface area contributed by atoms with E-state index in [9.17, 15) is 23.3 Å². The highest BCUT2D eigenvalue weighted by atomic mass is 35.5. The van der Waals surface area contributed by atoms with E-state index in [1.165, 1.54) is 0 Å². The first-order chi connectivity index (χ1) is 9.79. The van der Waals surface area contributed by atoms with Crippen LogP contribution in [-0.2, 0) is 14.8 Å². The van der Waals surface area contributed by atoms with Crippen molar-refractivity contribution in [3.63, 3.8) is 0 Å². The van der Waals surface area contributed by atoms with Gasteiger partial charge in [0.2, 0.25) is 10.0 Å². The Kier molecular flexibility index (Phi) is 5.91. The van der Waals surface area contributed by atoms with Gasteiger partial charge in [-0.2, -0.15) is 0 Å². The Labute approximate surface area is 126 Å². The summed E-state index contributed by atoms with van der Waals surface area (Å²) in [5.41, 5.74) is -0.631. The second kappa shape index (κ2) is 7.23. The Balaban J connectivity index is 3.14. The van der Waals surface area contributed by atoms with Crippen molar-refractivity contribution >= 4 is 39.0 Å². The van der Waals surface area contributed by atoms with Crippen LogP contribution in [-0.4, -0.2) is 38.1 Å². The molecule has 10 heteroatoms. The molecule has 0 aliphatic carbocycles. The molecule has 0 fully saturated rings. The lowest BCUT2D eigenvalue weighted by Gasteiger charge is -2.08. The average molecular weight is 337 g/mol. The number of methoxy groups -OCH3 is 1. The molecule has 0 unspecified atom stereocenters. The topological polar surface area (TPSA) is 116 Å². The van der Waals surface area contributed by atoms with Crippen molar-refractivity contribution in [1.82, 2.24) is 0 Å². The van der Waals surface area contributed by atoms with Crippen LogP contribution in [0, 0.1) is 10.1 Å². The van der Waals surface area contributed by atoms with Crippen molar-refractivity contribution in [3.8, 4) is 0 Å². The predicted octanol–water partition coefficient (Wildman–Crippen LogP) is 1.75. The zero-order chi connectivity index (χ0) is 16.0. The zero-order valence-electron chi connectivity index (χ0n) is 11.0. The van der Waals surface area contributed by atoms with Gasteiger partial charge in [0.05, 0.1) is 29.0 Å². The van der Waals surface area contributed by atoms with E-state index in [2.05, 4.69) is 9.46 Å². The number of carbonyl (C=O) groups is 1. The lowest BCUT2D eigenvalue weighted by Crippen LogP contribution is -2.17. The smallest absolute Gasteiger partial charge is 0.338 e. The number of halogens is 1. The van der Waals surface area contributed by atoms with Crippen molar-refractivity contribution in [2.75, 3.05) is 23.5 Å². The average Bonchev–Trinajstić information content (AvgIpc) is 2.43. The monoisotopic (exact) mass is 336 g/mol. The molecular weight excluding hydrogens is 324 g/mol. The normalized spacial score (nSPS) is 11.0. The number of hydrogen-bond donors (Lipinski definition) is 1. The molecule has 0 aromatic heterocycles. The maximum Gasteiger partial charge on any atom is 0.338 e. The molecule has 0 saturated heterocycles. The van der Waals surface area contributed by atoms with E-state index in [0.717, 1.165) is 25.3 Å². The molecule has 0 aliphatic heterocycles. The SMILES string of the molecule is COC(=O)c1cc(NS(=O)(=O)CCCCl)cc([N+](=O)[O-])c1. The van der Waals surface area contributed by atoms with Crippen LogP contribution in [0.2, 0.25) is 0 Å². The molecule has 0 heterocycles. The van der Waals surface area contributed by atoms with Gasteiger partial charge >= 0.3 is 5.97 Å². The molecule has 1 aromatic rings. The quantitative estimate of drug-likeness (QED) is 0.351. The number of nitrogens with one attached hydrogen (secondary N) is 1. The molecule has 0 bridgehead atoms. The Hall–Kier alpha value is -1.87. The fourth-order valence-electron chi connectivity index (χ4n) is 1.49. The highest BCUT2D eigenvalue weighted by Crippen LogP contribution is 2.22. The summed E-state index contributed by atoms with van der Waals surface area (Å²) < 4.78 is 30.1. The van der Waals surface area contributed by atoms with Crippen molar-refractivity contribution < 1.29 is 22.9 Å². The fourth-order valence-corrected chi connectivity index (χ4v) is 2.88. The van der Waals surface area contributed by atoms with Crippen molar-refractivity contribution in [1.29, 1.82) is 0 Å². The summed E-state index contributed by atoms with van der Waals surface area (Å²) in [7, 11) is -2.58. The minimum atomic E-state index is -3.70. The van der Waals surface area contributed by atoms with Crippen LogP contribution in [0.1, 0.15) is 16.8 Å². The number of esters is 1. The summed E-state index contributed by atoms with van der Waals surface area (Å²) in [6.07, 6.45) is 0.232. The fraction of sp³-hybridized carbons (Fsp3) is 0.364. The van der Waals surface area contributed by atoms with Gasteiger partial charge in [-0.3, -0.25) is 14.8 Å². The maximum absolute atomic E-state index is 11.7. The molecule has 8 nitrogen and oxygen atoms in total.